The van der Waals surface area contributed by atoms with E-state index in [1.807, 2.05) is 51.1 Å². The lowest BCUT2D eigenvalue weighted by molar-refractivity contribution is -0.144. The van der Waals surface area contributed by atoms with Gasteiger partial charge in [0.1, 0.15) is 6.04 Å². The van der Waals surface area contributed by atoms with Crippen molar-refractivity contribution in [3.63, 3.8) is 0 Å². The molecule has 0 saturated heterocycles. The number of unbranched alkanes of at least 4 members (excludes halogenated alkanes) is 2. The quantitative estimate of drug-likeness (QED) is 0.337. The van der Waals surface area contributed by atoms with Gasteiger partial charge in [0.05, 0.1) is 6.10 Å². The maximum absolute atomic E-state index is 11.0. The van der Waals surface area contributed by atoms with E-state index in [2.05, 4.69) is 6.92 Å². The topological polar surface area (TPSA) is 86.8 Å². The van der Waals surface area contributed by atoms with Crippen LogP contribution in [0.25, 0.3) is 0 Å². The molecule has 0 aliphatic heterocycles. The van der Waals surface area contributed by atoms with Gasteiger partial charge in [0.2, 0.25) is 0 Å². The van der Waals surface area contributed by atoms with Crippen molar-refractivity contribution >= 4 is 5.97 Å². The molecule has 1 aromatic rings. The molecule has 0 saturated carbocycles. The standard InChI is InChI=1S/C11H24N2O2.C9H12O/c1-4-5-6-7-13(12)10(11(14)15)8-9(2)3;1-2-9(10)8-6-4-3-5-7-8/h9-10H,4-8,12H2,1-3H3,(H,14,15);3-7,9-10H,2H2,1H3. The minimum absolute atomic E-state index is 0.291. The molecular weight excluding hydrogens is 316 g/mol. The summed E-state index contributed by atoms with van der Waals surface area (Å²) in [6.07, 6.45) is 4.29. The molecule has 4 N–H and O–H groups in total. The summed E-state index contributed by atoms with van der Waals surface area (Å²) in [5.41, 5.74) is 1.00. The zero-order valence-corrected chi connectivity index (χ0v) is 16.2. The molecule has 0 aliphatic carbocycles. The van der Waals surface area contributed by atoms with Crippen LogP contribution < -0.4 is 5.84 Å². The summed E-state index contributed by atoms with van der Waals surface area (Å²) < 4.78 is 0. The van der Waals surface area contributed by atoms with Crippen molar-refractivity contribution in [2.24, 2.45) is 11.8 Å². The van der Waals surface area contributed by atoms with Crippen LogP contribution in [-0.2, 0) is 4.79 Å². The van der Waals surface area contributed by atoms with E-state index >= 15 is 0 Å². The fourth-order valence-corrected chi connectivity index (χ4v) is 2.44. The Morgan fingerprint density at radius 3 is 2.20 bits per heavy atom. The molecule has 0 aliphatic rings. The Bertz CT molecular complexity index is 452. The van der Waals surface area contributed by atoms with Crippen molar-refractivity contribution in [2.75, 3.05) is 6.54 Å². The molecule has 0 fully saturated rings. The monoisotopic (exact) mass is 352 g/mol. The third-order valence-corrected chi connectivity index (χ3v) is 3.97. The van der Waals surface area contributed by atoms with E-state index in [4.69, 9.17) is 10.9 Å². The second-order valence-electron chi connectivity index (χ2n) is 6.76. The molecule has 5 heteroatoms. The fraction of sp³-hybridized carbons (Fsp3) is 0.650. The van der Waals surface area contributed by atoms with Crippen molar-refractivity contribution in [2.45, 2.75) is 71.9 Å². The minimum Gasteiger partial charge on any atom is -0.480 e. The highest BCUT2D eigenvalue weighted by atomic mass is 16.4. The van der Waals surface area contributed by atoms with E-state index in [1.54, 1.807) is 0 Å². The second kappa shape index (κ2) is 13.8. The van der Waals surface area contributed by atoms with Crippen LogP contribution in [0.15, 0.2) is 30.3 Å². The first-order valence-corrected chi connectivity index (χ1v) is 9.30. The molecule has 25 heavy (non-hydrogen) atoms. The molecular formula is C20H36N2O3. The van der Waals surface area contributed by atoms with Crippen LogP contribution in [0.4, 0.5) is 0 Å². The number of carboxylic acids is 1. The zero-order chi connectivity index (χ0) is 19.2. The number of aliphatic hydroxyl groups excluding tert-OH is 1. The number of hydrogen-bond acceptors (Lipinski definition) is 4. The zero-order valence-electron chi connectivity index (χ0n) is 16.2. The predicted octanol–water partition coefficient (Wildman–Crippen LogP) is 3.98. The number of nitrogens with zero attached hydrogens (tertiary/aromatic N) is 1. The number of benzene rings is 1. The minimum atomic E-state index is -0.817. The number of carboxylic acid groups (broad SMARTS) is 1. The van der Waals surface area contributed by atoms with Crippen LogP contribution in [-0.4, -0.2) is 33.8 Å². The van der Waals surface area contributed by atoms with Crippen LogP contribution in [0.2, 0.25) is 0 Å². The summed E-state index contributed by atoms with van der Waals surface area (Å²) in [5.74, 6) is 5.29. The molecule has 2 atom stereocenters. The number of aliphatic carboxylic acids is 1. The molecule has 1 rings (SSSR count). The molecule has 2 unspecified atom stereocenters. The Kier molecular flexibility index (Phi) is 13.0. The normalized spacial score (nSPS) is 13.3. The van der Waals surface area contributed by atoms with Crippen LogP contribution >= 0.6 is 0 Å². The number of rotatable bonds is 10. The summed E-state index contributed by atoms with van der Waals surface area (Å²) in [7, 11) is 0. The maximum atomic E-state index is 11.0. The first kappa shape index (κ1) is 23.6. The molecule has 0 heterocycles. The van der Waals surface area contributed by atoms with E-state index in [0.717, 1.165) is 31.2 Å². The summed E-state index contributed by atoms with van der Waals surface area (Å²) in [6.45, 7) is 8.77. The lowest BCUT2D eigenvalue weighted by atomic mass is 10.0. The van der Waals surface area contributed by atoms with E-state index in [1.165, 1.54) is 5.01 Å². The fourth-order valence-electron chi connectivity index (χ4n) is 2.44. The highest BCUT2D eigenvalue weighted by molar-refractivity contribution is 5.73. The van der Waals surface area contributed by atoms with Crippen molar-refractivity contribution < 1.29 is 15.0 Å². The van der Waals surface area contributed by atoms with Crippen molar-refractivity contribution in [3.05, 3.63) is 35.9 Å². The summed E-state index contributed by atoms with van der Waals surface area (Å²) in [5, 5.41) is 19.8. The van der Waals surface area contributed by atoms with E-state index < -0.39 is 12.0 Å². The van der Waals surface area contributed by atoms with Crippen molar-refractivity contribution in [3.8, 4) is 0 Å². The van der Waals surface area contributed by atoms with Crippen molar-refractivity contribution in [1.82, 2.24) is 5.01 Å². The van der Waals surface area contributed by atoms with Gasteiger partial charge in [-0.3, -0.25) is 10.6 Å². The first-order valence-electron chi connectivity index (χ1n) is 9.30. The van der Waals surface area contributed by atoms with E-state index in [-0.39, 0.29) is 6.10 Å². The van der Waals surface area contributed by atoms with Crippen molar-refractivity contribution in [1.29, 1.82) is 0 Å². The molecule has 144 valence electrons. The Morgan fingerprint density at radius 1 is 1.16 bits per heavy atom. The number of nitrogens with two attached hydrogens (primary N) is 1. The molecule has 0 radical (unpaired) electrons. The SMILES string of the molecule is CCC(O)c1ccccc1.CCCCCN(N)C(CC(C)C)C(=O)O. The average Bonchev–Trinajstić information content (AvgIpc) is 2.60. The Balaban J connectivity index is 0.000000496. The second-order valence-corrected chi connectivity index (χ2v) is 6.76. The first-order chi connectivity index (χ1) is 11.8. The number of hydrogen-bond donors (Lipinski definition) is 3. The summed E-state index contributed by atoms with van der Waals surface area (Å²) >= 11 is 0. The van der Waals surface area contributed by atoms with Gasteiger partial charge in [-0.2, -0.15) is 0 Å². The van der Waals surface area contributed by atoms with Gasteiger partial charge in [0.15, 0.2) is 0 Å². The number of aliphatic hydroxyl groups is 1. The molecule has 5 nitrogen and oxygen atoms in total. The van der Waals surface area contributed by atoms with E-state index in [9.17, 15) is 9.90 Å². The third-order valence-electron chi connectivity index (χ3n) is 3.97. The third kappa shape index (κ3) is 10.9. The Labute approximate surface area is 152 Å². The summed E-state index contributed by atoms with van der Waals surface area (Å²) in [4.78, 5) is 11.0. The smallest absolute Gasteiger partial charge is 0.322 e. The molecule has 0 aromatic heterocycles. The Morgan fingerprint density at radius 2 is 1.76 bits per heavy atom. The van der Waals surface area contributed by atoms with E-state index in [0.29, 0.717) is 18.9 Å². The van der Waals surface area contributed by atoms with Gasteiger partial charge < -0.3 is 10.2 Å². The maximum Gasteiger partial charge on any atom is 0.322 e. The lowest BCUT2D eigenvalue weighted by Crippen LogP contribution is -2.47. The van der Waals surface area contributed by atoms with Gasteiger partial charge in [0, 0.05) is 6.54 Å². The largest absolute Gasteiger partial charge is 0.480 e. The Hall–Kier alpha value is -1.43. The summed E-state index contributed by atoms with van der Waals surface area (Å²) in [6, 6.07) is 9.17. The highest BCUT2D eigenvalue weighted by Crippen LogP contribution is 2.14. The van der Waals surface area contributed by atoms with Crippen LogP contribution in [0.3, 0.4) is 0 Å². The average molecular weight is 353 g/mol. The van der Waals surface area contributed by atoms with Gasteiger partial charge in [0.25, 0.3) is 0 Å². The lowest BCUT2D eigenvalue weighted by Gasteiger charge is -2.25. The van der Waals surface area contributed by atoms with Crippen LogP contribution in [0.1, 0.15) is 71.5 Å². The number of hydrazine groups is 1. The van der Waals surface area contributed by atoms with Gasteiger partial charge in [-0.15, -0.1) is 0 Å². The predicted molar refractivity (Wildman–Crippen MR) is 103 cm³/mol. The molecule has 1 aromatic carbocycles. The van der Waals surface area contributed by atoms with Gasteiger partial charge in [-0.05, 0) is 30.7 Å². The van der Waals surface area contributed by atoms with Gasteiger partial charge >= 0.3 is 5.97 Å². The highest BCUT2D eigenvalue weighted by Gasteiger charge is 2.23. The molecule has 0 spiro atoms. The van der Waals surface area contributed by atoms with Crippen LogP contribution in [0.5, 0.6) is 0 Å². The molecule has 0 bridgehead atoms. The number of carbonyl (C=O) groups is 1. The van der Waals surface area contributed by atoms with Gasteiger partial charge in [-0.1, -0.05) is 70.9 Å². The van der Waals surface area contributed by atoms with Gasteiger partial charge in [-0.25, -0.2) is 5.01 Å². The molecule has 0 amide bonds. The van der Waals surface area contributed by atoms with Crippen LogP contribution in [0, 0.1) is 5.92 Å².